The van der Waals surface area contributed by atoms with Crippen LogP contribution in [0.2, 0.25) is 0 Å². The van der Waals surface area contributed by atoms with Crippen molar-refractivity contribution in [3.8, 4) is 0 Å². The number of likely N-dealkylation sites (tertiary alicyclic amines) is 1. The third-order valence-corrected chi connectivity index (χ3v) is 3.24. The van der Waals surface area contributed by atoms with E-state index in [1.165, 1.54) is 19.4 Å². The van der Waals surface area contributed by atoms with Crippen LogP contribution in [0.15, 0.2) is 24.5 Å². The number of anilines is 1. The highest BCUT2D eigenvalue weighted by Gasteiger charge is 2.22. The Labute approximate surface area is 91.5 Å². The highest BCUT2D eigenvalue weighted by molar-refractivity contribution is 5.40. The molecule has 0 radical (unpaired) electrons. The van der Waals surface area contributed by atoms with Crippen molar-refractivity contribution in [1.29, 1.82) is 0 Å². The molecule has 0 amide bonds. The van der Waals surface area contributed by atoms with Gasteiger partial charge in [-0.3, -0.25) is 4.98 Å². The molecule has 1 aromatic rings. The van der Waals surface area contributed by atoms with E-state index in [1.54, 1.807) is 0 Å². The van der Waals surface area contributed by atoms with Gasteiger partial charge in [-0.2, -0.15) is 0 Å². The van der Waals surface area contributed by atoms with Crippen LogP contribution in [0, 0.1) is 0 Å². The molecular weight excluding hydrogens is 186 g/mol. The fourth-order valence-corrected chi connectivity index (χ4v) is 2.10. The molecule has 2 heterocycles. The van der Waals surface area contributed by atoms with Crippen LogP contribution in [-0.4, -0.2) is 35.6 Å². The molecule has 1 aromatic heterocycles. The van der Waals surface area contributed by atoms with E-state index in [9.17, 15) is 0 Å². The van der Waals surface area contributed by atoms with Gasteiger partial charge in [0.15, 0.2) is 0 Å². The van der Waals surface area contributed by atoms with E-state index in [0.29, 0.717) is 12.1 Å². The van der Waals surface area contributed by atoms with Crippen LogP contribution in [0.4, 0.5) is 5.69 Å². The van der Waals surface area contributed by atoms with Crippen molar-refractivity contribution < 1.29 is 0 Å². The molecular formula is C12H19N3. The number of aromatic nitrogens is 1. The Morgan fingerprint density at radius 2 is 2.40 bits per heavy atom. The summed E-state index contributed by atoms with van der Waals surface area (Å²) in [5.74, 6) is 0. The molecule has 3 nitrogen and oxygen atoms in total. The predicted octanol–water partition coefficient (Wildman–Crippen LogP) is 1.98. The van der Waals surface area contributed by atoms with E-state index in [1.807, 2.05) is 18.5 Å². The van der Waals surface area contributed by atoms with E-state index in [0.717, 1.165) is 5.69 Å². The fraction of sp³-hybridized carbons (Fsp3) is 0.583. The number of pyridine rings is 1. The Hall–Kier alpha value is -1.09. The van der Waals surface area contributed by atoms with Crippen molar-refractivity contribution in [2.75, 3.05) is 18.9 Å². The average molecular weight is 205 g/mol. The van der Waals surface area contributed by atoms with Crippen LogP contribution >= 0.6 is 0 Å². The molecule has 0 aliphatic carbocycles. The maximum Gasteiger partial charge on any atom is 0.0528 e. The summed E-state index contributed by atoms with van der Waals surface area (Å²) >= 11 is 0. The molecule has 2 rings (SSSR count). The smallest absolute Gasteiger partial charge is 0.0528 e. The highest BCUT2D eigenvalue weighted by Crippen LogP contribution is 2.19. The molecule has 3 heteroatoms. The van der Waals surface area contributed by atoms with Gasteiger partial charge in [0.1, 0.15) is 0 Å². The lowest BCUT2D eigenvalue weighted by Crippen LogP contribution is -2.42. The monoisotopic (exact) mass is 205 g/mol. The molecule has 1 aliphatic heterocycles. The van der Waals surface area contributed by atoms with Crippen LogP contribution < -0.4 is 5.32 Å². The van der Waals surface area contributed by atoms with Crippen molar-refractivity contribution in [3.63, 3.8) is 0 Å². The zero-order valence-corrected chi connectivity index (χ0v) is 9.48. The quantitative estimate of drug-likeness (QED) is 0.800. The third kappa shape index (κ3) is 2.69. The standard InChI is InChI=1S/C12H19N3/c1-10-8-11(5-7-15(10)2)14-12-4-3-6-13-9-12/h3-4,6,9-11,14H,5,7-8H2,1-2H3. The minimum absolute atomic E-state index is 0.598. The van der Waals surface area contributed by atoms with E-state index >= 15 is 0 Å². The molecule has 2 atom stereocenters. The van der Waals surface area contributed by atoms with Crippen LogP contribution in [0.25, 0.3) is 0 Å². The molecule has 1 aliphatic rings. The Morgan fingerprint density at radius 3 is 3.07 bits per heavy atom. The first-order chi connectivity index (χ1) is 7.25. The minimum atomic E-state index is 0.598. The third-order valence-electron chi connectivity index (χ3n) is 3.24. The van der Waals surface area contributed by atoms with Gasteiger partial charge in [-0.1, -0.05) is 0 Å². The number of piperidine rings is 1. The Kier molecular flexibility index (Phi) is 3.21. The second-order valence-electron chi connectivity index (χ2n) is 4.44. The Balaban J connectivity index is 1.91. The summed E-state index contributed by atoms with van der Waals surface area (Å²) in [5, 5.41) is 3.54. The van der Waals surface area contributed by atoms with Crippen LogP contribution in [0.1, 0.15) is 19.8 Å². The zero-order valence-electron chi connectivity index (χ0n) is 9.48. The van der Waals surface area contributed by atoms with Crippen LogP contribution in [0.3, 0.4) is 0 Å². The minimum Gasteiger partial charge on any atom is -0.381 e. The second kappa shape index (κ2) is 4.62. The first kappa shape index (κ1) is 10.4. The van der Waals surface area contributed by atoms with Crippen LogP contribution in [0.5, 0.6) is 0 Å². The van der Waals surface area contributed by atoms with Gasteiger partial charge in [-0.15, -0.1) is 0 Å². The maximum absolute atomic E-state index is 4.11. The summed E-state index contributed by atoms with van der Waals surface area (Å²) < 4.78 is 0. The normalized spacial score (nSPS) is 27.6. The average Bonchev–Trinajstić information content (AvgIpc) is 2.25. The molecule has 1 fully saturated rings. The molecule has 15 heavy (non-hydrogen) atoms. The summed E-state index contributed by atoms with van der Waals surface area (Å²) in [6.07, 6.45) is 6.13. The molecule has 0 bridgehead atoms. The molecule has 2 unspecified atom stereocenters. The second-order valence-corrected chi connectivity index (χ2v) is 4.44. The largest absolute Gasteiger partial charge is 0.381 e. The van der Waals surface area contributed by atoms with Crippen molar-refractivity contribution in [2.24, 2.45) is 0 Å². The van der Waals surface area contributed by atoms with Gasteiger partial charge in [0.2, 0.25) is 0 Å². The summed E-state index contributed by atoms with van der Waals surface area (Å²) in [7, 11) is 2.20. The topological polar surface area (TPSA) is 28.2 Å². The fourth-order valence-electron chi connectivity index (χ4n) is 2.10. The van der Waals surface area contributed by atoms with Gasteiger partial charge in [0.25, 0.3) is 0 Å². The Bertz CT molecular complexity index is 299. The van der Waals surface area contributed by atoms with Gasteiger partial charge in [0.05, 0.1) is 5.69 Å². The van der Waals surface area contributed by atoms with E-state index in [4.69, 9.17) is 0 Å². The SMILES string of the molecule is CC1CC(Nc2cccnc2)CCN1C. The zero-order chi connectivity index (χ0) is 10.7. The highest BCUT2D eigenvalue weighted by atomic mass is 15.1. The van der Waals surface area contributed by atoms with Gasteiger partial charge in [0, 0.05) is 31.0 Å². The first-order valence-corrected chi connectivity index (χ1v) is 5.62. The lowest BCUT2D eigenvalue weighted by Gasteiger charge is -2.35. The number of hydrogen-bond donors (Lipinski definition) is 1. The molecule has 82 valence electrons. The van der Waals surface area contributed by atoms with Crippen molar-refractivity contribution in [1.82, 2.24) is 9.88 Å². The van der Waals surface area contributed by atoms with E-state index in [2.05, 4.69) is 35.2 Å². The predicted molar refractivity (Wildman–Crippen MR) is 63.0 cm³/mol. The van der Waals surface area contributed by atoms with Crippen molar-refractivity contribution in [3.05, 3.63) is 24.5 Å². The molecule has 0 saturated carbocycles. The van der Waals surface area contributed by atoms with Crippen molar-refractivity contribution >= 4 is 5.69 Å². The number of nitrogens with zero attached hydrogens (tertiary/aromatic N) is 2. The van der Waals surface area contributed by atoms with Crippen molar-refractivity contribution in [2.45, 2.75) is 31.8 Å². The van der Waals surface area contributed by atoms with E-state index < -0.39 is 0 Å². The van der Waals surface area contributed by atoms with E-state index in [-0.39, 0.29) is 0 Å². The van der Waals surface area contributed by atoms with Crippen LogP contribution in [-0.2, 0) is 0 Å². The maximum atomic E-state index is 4.11. The molecule has 0 spiro atoms. The van der Waals surface area contributed by atoms with Gasteiger partial charge in [-0.25, -0.2) is 0 Å². The summed E-state index contributed by atoms with van der Waals surface area (Å²) in [6.45, 7) is 3.47. The molecule has 1 saturated heterocycles. The summed E-state index contributed by atoms with van der Waals surface area (Å²) in [6, 6.07) is 5.32. The van der Waals surface area contributed by atoms with Gasteiger partial charge < -0.3 is 10.2 Å². The van der Waals surface area contributed by atoms with Gasteiger partial charge >= 0.3 is 0 Å². The number of hydrogen-bond acceptors (Lipinski definition) is 3. The number of nitrogens with one attached hydrogen (secondary N) is 1. The lowest BCUT2D eigenvalue weighted by atomic mass is 9.99. The Morgan fingerprint density at radius 1 is 1.53 bits per heavy atom. The first-order valence-electron chi connectivity index (χ1n) is 5.62. The molecule has 1 N–H and O–H groups in total. The lowest BCUT2D eigenvalue weighted by molar-refractivity contribution is 0.190. The van der Waals surface area contributed by atoms with Gasteiger partial charge in [-0.05, 0) is 38.9 Å². The summed E-state index contributed by atoms with van der Waals surface area (Å²) in [5.41, 5.74) is 1.14. The molecule has 0 aromatic carbocycles. The number of rotatable bonds is 2. The summed E-state index contributed by atoms with van der Waals surface area (Å²) in [4.78, 5) is 6.53.